The average molecular weight is 239 g/mol. The molecule has 0 saturated carbocycles. The molecule has 2 amide bonds. The summed E-state index contributed by atoms with van der Waals surface area (Å²) in [7, 11) is 0. The monoisotopic (exact) mass is 239 g/mol. The third kappa shape index (κ3) is 2.04. The van der Waals surface area contributed by atoms with E-state index in [9.17, 15) is 15.0 Å². The molecular weight excluding hydrogens is 224 g/mol. The van der Waals surface area contributed by atoms with Gasteiger partial charge in [-0.05, 0) is 6.07 Å². The van der Waals surface area contributed by atoms with Crippen molar-refractivity contribution in [2.45, 2.75) is 6.10 Å². The number of aromatic hydroxyl groups is 1. The van der Waals surface area contributed by atoms with Gasteiger partial charge in [0.05, 0.1) is 6.10 Å². The molecule has 0 aliphatic carbocycles. The molecule has 1 heterocycles. The summed E-state index contributed by atoms with van der Waals surface area (Å²) in [5.41, 5.74) is 5.20. The van der Waals surface area contributed by atoms with E-state index in [0.717, 1.165) is 11.0 Å². The van der Waals surface area contributed by atoms with E-state index < -0.39 is 19.1 Å². The Morgan fingerprint density at radius 1 is 1.71 bits per heavy atom. The summed E-state index contributed by atoms with van der Waals surface area (Å²) in [5, 5.41) is 26.1. The summed E-state index contributed by atoms with van der Waals surface area (Å²) in [6, 6.07) is 1.40. The van der Waals surface area contributed by atoms with Crippen LogP contribution >= 0.6 is 0 Å². The predicted octanol–water partition coefficient (Wildman–Crippen LogP) is 1.04. The van der Waals surface area contributed by atoms with Crippen molar-refractivity contribution in [2.24, 2.45) is 16.0 Å². The van der Waals surface area contributed by atoms with Gasteiger partial charge >= 0.3 is 6.03 Å². The number of aliphatic hydroxyl groups is 1. The Hall–Kier alpha value is -2.15. The summed E-state index contributed by atoms with van der Waals surface area (Å²) in [4.78, 5) is 11.5. The van der Waals surface area contributed by atoms with E-state index in [1.54, 1.807) is 0 Å². The first-order valence-corrected chi connectivity index (χ1v) is 4.74. The molecule has 0 fully saturated rings. The number of benzene rings is 1. The highest BCUT2D eigenvalue weighted by molar-refractivity contribution is 5.73. The van der Waals surface area contributed by atoms with Gasteiger partial charge in [0.15, 0.2) is 0 Å². The second-order valence-electron chi connectivity index (χ2n) is 3.56. The second kappa shape index (κ2) is 4.02. The number of aliphatic hydroxyl groups excluding tert-OH is 1. The molecule has 0 spiro atoms. The Morgan fingerprint density at radius 2 is 2.47 bits per heavy atom. The highest BCUT2D eigenvalue weighted by atomic mass is 16.3. The average Bonchev–Trinajstić information content (AvgIpc) is 2.63. The number of amides is 2. The molecule has 4 N–H and O–H groups in total. The lowest BCUT2D eigenvalue weighted by molar-refractivity contribution is 0.195. The molecule has 0 radical (unpaired) electrons. The van der Waals surface area contributed by atoms with Gasteiger partial charge in [-0.25, -0.2) is 4.79 Å². The molecular formula is C10H12N4O3. The van der Waals surface area contributed by atoms with Crippen LogP contribution in [0, 0.1) is 0 Å². The molecule has 17 heavy (non-hydrogen) atoms. The first-order chi connectivity index (χ1) is 9.20. The zero-order valence-corrected chi connectivity index (χ0v) is 8.66. The highest BCUT2D eigenvalue weighted by Gasteiger charge is 2.26. The summed E-state index contributed by atoms with van der Waals surface area (Å²) in [6.07, 6.45) is -1.03. The van der Waals surface area contributed by atoms with Gasteiger partial charge in [0.25, 0.3) is 0 Å². The normalized spacial score (nSPS) is 22.1. The van der Waals surface area contributed by atoms with E-state index in [-0.39, 0.29) is 29.2 Å². The number of nitrogens with zero attached hydrogens (tertiary/aromatic N) is 3. The zero-order chi connectivity index (χ0) is 15.1. The molecule has 1 unspecified atom stereocenters. The minimum absolute atomic E-state index is 0.0750. The maximum absolute atomic E-state index is 10.5. The fourth-order valence-corrected chi connectivity index (χ4v) is 1.64. The van der Waals surface area contributed by atoms with Crippen LogP contribution in [0.2, 0.25) is 0 Å². The van der Waals surface area contributed by atoms with Crippen LogP contribution in [0.25, 0.3) is 0 Å². The smallest absolute Gasteiger partial charge is 0.356 e. The number of urea groups is 1. The summed E-state index contributed by atoms with van der Waals surface area (Å²) in [5.74, 6) is -0.364. The molecule has 0 aromatic heterocycles. The van der Waals surface area contributed by atoms with Gasteiger partial charge in [-0.3, -0.25) is 0 Å². The number of likely N-dealkylation sites (N-methyl/N-ethyl adjacent to an activating group) is 1. The Morgan fingerprint density at radius 3 is 3.12 bits per heavy atom. The van der Waals surface area contributed by atoms with Crippen molar-refractivity contribution in [2.75, 3.05) is 18.4 Å². The number of hydrogen-bond acceptors (Lipinski definition) is 5. The molecule has 2 rings (SSSR count). The van der Waals surface area contributed by atoms with E-state index in [1.807, 2.05) is 0 Å². The topological polar surface area (TPSA) is 112 Å². The molecule has 0 bridgehead atoms. The maximum atomic E-state index is 10.5. The number of carbonyl (C=O) groups is 1. The highest BCUT2D eigenvalue weighted by Crippen LogP contribution is 2.41. The van der Waals surface area contributed by atoms with Gasteiger partial charge < -0.3 is 20.8 Å². The number of rotatable bonds is 1. The lowest BCUT2D eigenvalue weighted by Gasteiger charge is -2.11. The van der Waals surface area contributed by atoms with Gasteiger partial charge in [0.1, 0.15) is 11.4 Å². The fraction of sp³-hybridized carbons (Fsp3) is 0.300. The number of hydrogen-bond donors (Lipinski definition) is 3. The molecule has 90 valence electrons. The van der Waals surface area contributed by atoms with Crippen LogP contribution in [-0.2, 0) is 0 Å². The molecule has 1 aliphatic rings. The number of phenolic OH excluding ortho intramolecular Hbond substituents is 1. The van der Waals surface area contributed by atoms with Crippen LogP contribution in [-0.4, -0.2) is 29.8 Å². The van der Waals surface area contributed by atoms with Gasteiger partial charge in [-0.1, -0.05) is 5.11 Å². The third-order valence-electron chi connectivity index (χ3n) is 2.39. The van der Waals surface area contributed by atoms with Crippen molar-refractivity contribution in [3.8, 4) is 5.75 Å². The number of carbonyl (C=O) groups excluding carboxylic acids is 1. The lowest BCUT2D eigenvalue weighted by atomic mass is 10.1. The minimum Gasteiger partial charge on any atom is -0.506 e. The fourth-order valence-electron chi connectivity index (χ4n) is 1.64. The predicted molar refractivity (Wildman–Crippen MR) is 60.4 cm³/mol. The van der Waals surface area contributed by atoms with Gasteiger partial charge in [0.2, 0.25) is 0 Å². The van der Waals surface area contributed by atoms with Crippen molar-refractivity contribution in [1.82, 2.24) is 0 Å². The van der Waals surface area contributed by atoms with E-state index >= 15 is 0 Å². The quantitative estimate of drug-likeness (QED) is 0.635. The Bertz CT molecular complexity index is 588. The van der Waals surface area contributed by atoms with Crippen LogP contribution in [0.5, 0.6) is 5.75 Å². The first-order valence-electron chi connectivity index (χ1n) is 6.24. The SMILES string of the molecule is [2H]C([2H])([2H])N1CC(O)c2cc(N=NC(N)=O)c(O)cc21. The third-order valence-corrected chi connectivity index (χ3v) is 2.39. The van der Waals surface area contributed by atoms with Crippen LogP contribution < -0.4 is 10.6 Å². The molecule has 0 saturated heterocycles. The summed E-state index contributed by atoms with van der Waals surface area (Å²) >= 11 is 0. The Labute approximate surface area is 101 Å². The van der Waals surface area contributed by atoms with Crippen LogP contribution in [0.1, 0.15) is 15.8 Å². The largest absolute Gasteiger partial charge is 0.506 e. The molecule has 7 nitrogen and oxygen atoms in total. The Kier molecular flexibility index (Phi) is 1.90. The second-order valence-corrected chi connectivity index (χ2v) is 3.56. The van der Waals surface area contributed by atoms with Gasteiger partial charge in [-0.15, -0.1) is 5.11 Å². The number of azo groups is 1. The van der Waals surface area contributed by atoms with Crippen molar-refractivity contribution < 1.29 is 19.1 Å². The maximum Gasteiger partial charge on any atom is 0.356 e. The van der Waals surface area contributed by atoms with Crippen molar-refractivity contribution >= 4 is 17.4 Å². The van der Waals surface area contributed by atoms with Crippen LogP contribution in [0.15, 0.2) is 22.4 Å². The van der Waals surface area contributed by atoms with E-state index in [2.05, 4.69) is 10.2 Å². The van der Waals surface area contributed by atoms with E-state index in [1.165, 1.54) is 6.07 Å². The number of primary amides is 1. The number of fused-ring (bicyclic) bond motifs is 1. The zero-order valence-electron chi connectivity index (χ0n) is 11.7. The molecule has 1 aromatic carbocycles. The molecule has 1 aromatic rings. The first kappa shape index (κ1) is 8.02. The van der Waals surface area contributed by atoms with Crippen molar-refractivity contribution in [1.29, 1.82) is 0 Å². The molecule has 1 atom stereocenters. The minimum atomic E-state index is -2.44. The number of β-amino-alcohol motifs (C(OH)–C–C–N with tert-alkyl or cyclic N) is 1. The van der Waals surface area contributed by atoms with Crippen LogP contribution in [0.3, 0.4) is 0 Å². The summed E-state index contributed by atoms with van der Waals surface area (Å²) < 4.78 is 22.1. The number of anilines is 1. The van der Waals surface area contributed by atoms with E-state index in [4.69, 9.17) is 9.85 Å². The lowest BCUT2D eigenvalue weighted by Crippen LogP contribution is -2.14. The molecule has 7 heteroatoms. The standard InChI is InChI=1S/C10H12N4O3/c1-14-4-9(16)5-2-6(12-13-10(11)17)8(15)3-7(5)14/h2-3,9,15-16H,4H2,1H3,(H2,11,17)/i1D3. The number of nitrogens with two attached hydrogens (primary N) is 1. The number of phenols is 1. The summed E-state index contributed by atoms with van der Waals surface area (Å²) in [6.45, 7) is -2.56. The van der Waals surface area contributed by atoms with Crippen molar-refractivity contribution in [3.05, 3.63) is 17.7 Å². The van der Waals surface area contributed by atoms with E-state index in [0.29, 0.717) is 0 Å². The molecule has 1 aliphatic heterocycles. The Balaban J connectivity index is 2.47. The van der Waals surface area contributed by atoms with Gasteiger partial charge in [0, 0.05) is 35.0 Å². The van der Waals surface area contributed by atoms with Crippen LogP contribution in [0.4, 0.5) is 16.2 Å². The van der Waals surface area contributed by atoms with Gasteiger partial charge in [-0.2, -0.15) is 0 Å². The van der Waals surface area contributed by atoms with Crippen molar-refractivity contribution in [3.63, 3.8) is 0 Å².